The van der Waals surface area contributed by atoms with Gasteiger partial charge in [-0.05, 0) is 84.8 Å². The van der Waals surface area contributed by atoms with Crippen LogP contribution in [0.15, 0.2) is 72.9 Å². The van der Waals surface area contributed by atoms with Crippen LogP contribution in [0, 0.1) is 23.4 Å². The highest BCUT2D eigenvalue weighted by Gasteiger charge is 2.44. The second kappa shape index (κ2) is 11.5. The average molecular weight is 611 g/mol. The fourth-order valence-electron chi connectivity index (χ4n) is 6.35. The highest BCUT2D eigenvalue weighted by molar-refractivity contribution is 6.12. The Balaban J connectivity index is 1.45. The topological polar surface area (TPSA) is 90.0 Å². The number of carbonyl (C=O) groups excluding carboxylic acids is 2. The van der Waals surface area contributed by atoms with Gasteiger partial charge in [-0.2, -0.15) is 0 Å². The molecule has 9 heteroatoms. The van der Waals surface area contributed by atoms with Crippen LogP contribution in [0.25, 0.3) is 22.0 Å². The molecule has 2 amide bonds. The van der Waals surface area contributed by atoms with Gasteiger partial charge in [0.1, 0.15) is 5.82 Å². The summed E-state index contributed by atoms with van der Waals surface area (Å²) < 4.78 is 42.8. The number of hydrogen-bond donors (Lipinski definition) is 2. The maximum atomic E-state index is 13.7. The van der Waals surface area contributed by atoms with Gasteiger partial charge in [0.25, 0.3) is 11.8 Å². The van der Waals surface area contributed by atoms with Gasteiger partial charge in [0.15, 0.2) is 11.6 Å². The zero-order chi connectivity index (χ0) is 32.0. The van der Waals surface area contributed by atoms with Crippen molar-refractivity contribution < 1.29 is 22.8 Å². The molecule has 0 saturated heterocycles. The van der Waals surface area contributed by atoms with E-state index in [0.29, 0.717) is 59.4 Å². The quantitative estimate of drug-likeness (QED) is 0.191. The van der Waals surface area contributed by atoms with Crippen LogP contribution in [0.4, 0.5) is 13.2 Å². The molecule has 45 heavy (non-hydrogen) atoms. The third-order valence-electron chi connectivity index (χ3n) is 8.42. The van der Waals surface area contributed by atoms with Crippen molar-refractivity contribution in [1.82, 2.24) is 14.9 Å². The fraction of sp³-hybridized carbons (Fsp3) is 0.250. The lowest BCUT2D eigenvalue weighted by Crippen LogP contribution is -2.39. The zero-order valence-electron chi connectivity index (χ0n) is 25.3. The van der Waals surface area contributed by atoms with Crippen molar-refractivity contribution in [3.8, 4) is 11.1 Å². The molecule has 3 aromatic carbocycles. The summed E-state index contributed by atoms with van der Waals surface area (Å²) in [7, 11) is 0. The van der Waals surface area contributed by atoms with E-state index in [9.17, 15) is 22.8 Å². The summed E-state index contributed by atoms with van der Waals surface area (Å²) in [6.45, 7) is 6.47. The number of aryl methyl sites for hydroxylation is 2. The van der Waals surface area contributed by atoms with E-state index in [4.69, 9.17) is 10.7 Å². The summed E-state index contributed by atoms with van der Waals surface area (Å²) in [5.41, 5.74) is 10.2. The molecular formula is C36H33F3N4O2. The smallest absolute Gasteiger partial charge is 0.254 e. The number of amides is 2. The van der Waals surface area contributed by atoms with Crippen LogP contribution in [-0.4, -0.2) is 21.4 Å². The maximum Gasteiger partial charge on any atom is 0.254 e. The Bertz CT molecular complexity index is 1970. The number of primary amides is 1. The van der Waals surface area contributed by atoms with E-state index < -0.39 is 23.1 Å². The number of benzene rings is 3. The van der Waals surface area contributed by atoms with Gasteiger partial charge in [0.2, 0.25) is 0 Å². The van der Waals surface area contributed by atoms with Crippen molar-refractivity contribution >= 4 is 22.7 Å². The molecule has 0 bridgehead atoms. The van der Waals surface area contributed by atoms with Crippen LogP contribution in [0.5, 0.6) is 0 Å². The third kappa shape index (κ3) is 5.70. The molecule has 0 unspecified atom stereocenters. The molecule has 2 aromatic heterocycles. The predicted molar refractivity (Wildman–Crippen MR) is 167 cm³/mol. The van der Waals surface area contributed by atoms with E-state index >= 15 is 0 Å². The van der Waals surface area contributed by atoms with Crippen molar-refractivity contribution in [2.24, 2.45) is 11.7 Å². The van der Waals surface area contributed by atoms with E-state index in [1.807, 2.05) is 55.8 Å². The summed E-state index contributed by atoms with van der Waals surface area (Å²) in [6.07, 6.45) is 3.26. The number of nitrogens with two attached hydrogens (primary N) is 1. The zero-order valence-corrected chi connectivity index (χ0v) is 25.3. The molecule has 1 aliphatic heterocycles. The van der Waals surface area contributed by atoms with Crippen LogP contribution >= 0.6 is 0 Å². The van der Waals surface area contributed by atoms with Crippen LogP contribution in [0.3, 0.4) is 0 Å². The van der Waals surface area contributed by atoms with Gasteiger partial charge in [-0.1, -0.05) is 38.1 Å². The van der Waals surface area contributed by atoms with Gasteiger partial charge in [-0.3, -0.25) is 14.6 Å². The molecular weight excluding hydrogens is 577 g/mol. The van der Waals surface area contributed by atoms with E-state index in [1.54, 1.807) is 18.2 Å². The average Bonchev–Trinajstić information content (AvgIpc) is 3.50. The summed E-state index contributed by atoms with van der Waals surface area (Å²) in [5, 5.41) is 3.97. The molecule has 0 radical (unpaired) electrons. The minimum atomic E-state index is -0.909. The first kappa shape index (κ1) is 30.1. The van der Waals surface area contributed by atoms with Gasteiger partial charge in [-0.15, -0.1) is 0 Å². The molecule has 6 rings (SSSR count). The number of pyridine rings is 1. The van der Waals surface area contributed by atoms with E-state index in [1.165, 1.54) is 18.2 Å². The molecule has 3 N–H and O–H groups in total. The monoisotopic (exact) mass is 610 g/mol. The Hall–Kier alpha value is -4.92. The number of carbonyl (C=O) groups is 2. The van der Waals surface area contributed by atoms with Crippen LogP contribution in [0.2, 0.25) is 0 Å². The lowest BCUT2D eigenvalue weighted by molar-refractivity contribution is 0.0935. The lowest BCUT2D eigenvalue weighted by Gasteiger charge is -2.26. The Labute approximate surface area is 259 Å². The number of rotatable bonds is 9. The molecule has 230 valence electrons. The van der Waals surface area contributed by atoms with Crippen molar-refractivity contribution in [2.45, 2.75) is 52.1 Å². The van der Waals surface area contributed by atoms with Gasteiger partial charge in [-0.25, -0.2) is 13.2 Å². The number of halogens is 3. The predicted octanol–water partition coefficient (Wildman–Crippen LogP) is 6.86. The second-order valence-electron chi connectivity index (χ2n) is 12.4. The largest absolute Gasteiger partial charge is 0.366 e. The summed E-state index contributed by atoms with van der Waals surface area (Å²) in [6, 6.07) is 17.7. The van der Waals surface area contributed by atoms with Crippen molar-refractivity contribution in [1.29, 1.82) is 0 Å². The minimum Gasteiger partial charge on any atom is -0.366 e. The normalized spacial score (nSPS) is 15.9. The number of aromatic nitrogens is 2. The van der Waals surface area contributed by atoms with Crippen LogP contribution < -0.4 is 11.1 Å². The van der Waals surface area contributed by atoms with Crippen molar-refractivity contribution in [3.05, 3.63) is 124 Å². The second-order valence-corrected chi connectivity index (χ2v) is 12.4. The minimum absolute atomic E-state index is 0.154. The highest BCUT2D eigenvalue weighted by atomic mass is 19.2. The first-order chi connectivity index (χ1) is 21.4. The van der Waals surface area contributed by atoms with E-state index in [-0.39, 0.29) is 23.2 Å². The van der Waals surface area contributed by atoms with Gasteiger partial charge in [0, 0.05) is 35.6 Å². The van der Waals surface area contributed by atoms with Gasteiger partial charge < -0.3 is 15.6 Å². The SMILES string of the molecule is CC(C)Cc1nc2c(c(-c3ccc4c(ccn4CCc4ccc(F)c(F)c4)c3)c1C(N)=O)C(=O)N[C@@]2(C)Cc1ccc(F)cc1. The van der Waals surface area contributed by atoms with Crippen molar-refractivity contribution in [2.75, 3.05) is 0 Å². The number of hydrogen-bond acceptors (Lipinski definition) is 3. The Morgan fingerprint density at radius 1 is 0.956 bits per heavy atom. The standard InChI is InChI=1S/C36H33F3N4O2/c1-20(2)16-28-31(34(40)44)30(32-33(41-28)36(3,42-35(32)45)19-22-4-8-25(37)9-5-22)24-7-11-29-23(18-24)13-15-43(29)14-12-21-6-10-26(38)27(39)17-21/h4-11,13,15,17-18,20H,12,14,16,19H2,1-3H3,(H2,40,44)(H,42,45)/t36-/m0/s1. The molecule has 0 saturated carbocycles. The van der Waals surface area contributed by atoms with Crippen LogP contribution in [-0.2, 0) is 31.3 Å². The molecule has 0 aliphatic carbocycles. The third-order valence-corrected chi connectivity index (χ3v) is 8.42. The van der Waals surface area contributed by atoms with Crippen molar-refractivity contribution in [3.63, 3.8) is 0 Å². The molecule has 0 spiro atoms. The lowest BCUT2D eigenvalue weighted by atomic mass is 9.84. The van der Waals surface area contributed by atoms with E-state index in [2.05, 4.69) is 5.32 Å². The Morgan fingerprint density at radius 3 is 2.38 bits per heavy atom. The molecule has 3 heterocycles. The molecule has 5 aromatic rings. The Morgan fingerprint density at radius 2 is 1.69 bits per heavy atom. The molecule has 6 nitrogen and oxygen atoms in total. The highest BCUT2D eigenvalue weighted by Crippen LogP contribution is 2.42. The summed E-state index contributed by atoms with van der Waals surface area (Å²) >= 11 is 0. The van der Waals surface area contributed by atoms with Gasteiger partial charge in [0.05, 0.1) is 28.1 Å². The summed E-state index contributed by atoms with van der Waals surface area (Å²) in [4.78, 5) is 31.8. The Kier molecular flexibility index (Phi) is 7.72. The maximum absolute atomic E-state index is 13.7. The molecule has 1 atom stereocenters. The molecule has 1 aliphatic rings. The van der Waals surface area contributed by atoms with Gasteiger partial charge >= 0.3 is 0 Å². The summed E-state index contributed by atoms with van der Waals surface area (Å²) in [5.74, 6) is -2.98. The fourth-order valence-corrected chi connectivity index (χ4v) is 6.35. The number of nitrogens with one attached hydrogen (secondary N) is 1. The van der Waals surface area contributed by atoms with E-state index in [0.717, 1.165) is 22.5 Å². The number of nitrogens with zero attached hydrogens (tertiary/aromatic N) is 2. The first-order valence-corrected chi connectivity index (χ1v) is 14.9. The number of fused-ring (bicyclic) bond motifs is 2. The molecule has 0 fully saturated rings. The van der Waals surface area contributed by atoms with Crippen LogP contribution in [0.1, 0.15) is 64.0 Å². The first-order valence-electron chi connectivity index (χ1n) is 14.9.